The van der Waals surface area contributed by atoms with E-state index in [0.29, 0.717) is 49.5 Å². The molecule has 5 rings (SSSR count). The van der Waals surface area contributed by atoms with Crippen molar-refractivity contribution in [3.63, 3.8) is 0 Å². The summed E-state index contributed by atoms with van der Waals surface area (Å²) in [6.45, 7) is 2.35. The van der Waals surface area contributed by atoms with Crippen molar-refractivity contribution in [3.8, 4) is 11.3 Å². The number of aromatic amines is 1. The number of hydrogen-bond donors (Lipinski definition) is 3. The molecule has 2 saturated heterocycles. The minimum Gasteiger partial charge on any atom is -0.478 e. The zero-order valence-corrected chi connectivity index (χ0v) is 23.3. The zero-order chi connectivity index (χ0) is 27.7. The van der Waals surface area contributed by atoms with Crippen LogP contribution in [-0.4, -0.2) is 77.0 Å². The van der Waals surface area contributed by atoms with E-state index in [4.69, 9.17) is 5.73 Å². The maximum absolute atomic E-state index is 13.9. The van der Waals surface area contributed by atoms with Crippen molar-refractivity contribution in [2.45, 2.75) is 51.0 Å². The van der Waals surface area contributed by atoms with Crippen molar-refractivity contribution in [2.24, 2.45) is 29.4 Å². The van der Waals surface area contributed by atoms with E-state index in [0.717, 1.165) is 50.5 Å². The second-order valence-corrected chi connectivity index (χ2v) is 13.5. The normalized spacial score (nSPS) is 27.1. The third-order valence-electron chi connectivity index (χ3n) is 9.11. The second kappa shape index (κ2) is 11.4. The molecule has 0 spiro atoms. The van der Waals surface area contributed by atoms with Crippen molar-refractivity contribution >= 4 is 21.9 Å². The highest BCUT2D eigenvalue weighted by molar-refractivity contribution is 7.88. The number of carboxylic acids is 1. The van der Waals surface area contributed by atoms with Crippen molar-refractivity contribution in [3.05, 3.63) is 41.9 Å². The number of aromatic nitrogens is 2. The number of nitrogens with two attached hydrogens (primary N) is 1. The lowest BCUT2D eigenvalue weighted by molar-refractivity contribution is -0.138. The number of sulfonamides is 1. The molecule has 1 aliphatic carbocycles. The van der Waals surface area contributed by atoms with Crippen LogP contribution in [0, 0.1) is 23.7 Å². The van der Waals surface area contributed by atoms with Gasteiger partial charge in [0.1, 0.15) is 5.82 Å². The Kier molecular flexibility index (Phi) is 8.11. The number of imidazole rings is 1. The first-order chi connectivity index (χ1) is 18.6. The van der Waals surface area contributed by atoms with E-state index in [9.17, 15) is 23.1 Å². The molecule has 2 aliphatic heterocycles. The summed E-state index contributed by atoms with van der Waals surface area (Å²) in [5.41, 5.74) is 7.53. The minimum atomic E-state index is -3.20. The fraction of sp³-hybridized carbons (Fsp3) is 0.607. The Morgan fingerprint density at radius 2 is 1.82 bits per heavy atom. The second-order valence-electron chi connectivity index (χ2n) is 11.5. The number of rotatable bonds is 7. The molecule has 1 amide bonds. The van der Waals surface area contributed by atoms with Gasteiger partial charge in [0.25, 0.3) is 0 Å². The molecule has 3 fully saturated rings. The maximum Gasteiger partial charge on any atom is 0.335 e. The van der Waals surface area contributed by atoms with E-state index < -0.39 is 16.0 Å². The monoisotopic (exact) mass is 557 g/mol. The lowest BCUT2D eigenvalue weighted by atomic mass is 9.81. The van der Waals surface area contributed by atoms with Gasteiger partial charge in [-0.15, -0.1) is 0 Å². The van der Waals surface area contributed by atoms with Crippen LogP contribution in [0.15, 0.2) is 30.5 Å². The van der Waals surface area contributed by atoms with Crippen molar-refractivity contribution in [2.75, 3.05) is 32.4 Å². The summed E-state index contributed by atoms with van der Waals surface area (Å²) in [6, 6.07) is 6.53. The molecule has 4 N–H and O–H groups in total. The number of aromatic carboxylic acids is 1. The molecule has 39 heavy (non-hydrogen) atoms. The molecule has 1 aromatic heterocycles. The number of carbonyl (C=O) groups excluding carboxylic acids is 1. The van der Waals surface area contributed by atoms with Crippen molar-refractivity contribution in [1.82, 2.24) is 19.2 Å². The zero-order valence-electron chi connectivity index (χ0n) is 22.5. The van der Waals surface area contributed by atoms with Crippen LogP contribution >= 0.6 is 0 Å². The van der Waals surface area contributed by atoms with Gasteiger partial charge in [0.2, 0.25) is 15.9 Å². The van der Waals surface area contributed by atoms with Crippen LogP contribution < -0.4 is 5.73 Å². The molecular weight excluding hydrogens is 518 g/mol. The molecule has 0 bridgehead atoms. The van der Waals surface area contributed by atoms with Gasteiger partial charge in [-0.3, -0.25) is 4.79 Å². The van der Waals surface area contributed by atoms with E-state index in [-0.39, 0.29) is 29.3 Å². The van der Waals surface area contributed by atoms with Gasteiger partial charge < -0.3 is 20.7 Å². The Morgan fingerprint density at radius 1 is 1.10 bits per heavy atom. The number of carbonyl (C=O) groups is 2. The molecule has 10 nitrogen and oxygen atoms in total. The van der Waals surface area contributed by atoms with E-state index in [1.54, 1.807) is 28.7 Å². The molecule has 2 atom stereocenters. The standard InChI is InChI=1S/C28H39N5O5S/c1-39(37,38)32-11-9-19(10-12-32)23-14-25(33(17-23)27(34)20-7-5-18(15-29)6-8-20)26-30-16-24(31-26)21-3-2-4-22(13-21)28(35)36/h2-4,13,16,18-20,23,25H,5-12,14-15,17,29H2,1H3,(H,30,31)(H,35,36)/t18-,20-,23?,25-/m0/s1. The van der Waals surface area contributed by atoms with Gasteiger partial charge in [-0.05, 0) is 81.4 Å². The van der Waals surface area contributed by atoms with Crippen LogP contribution in [0.25, 0.3) is 11.3 Å². The predicted molar refractivity (Wildman–Crippen MR) is 147 cm³/mol. The van der Waals surface area contributed by atoms with Crippen molar-refractivity contribution < 1.29 is 23.1 Å². The molecule has 212 valence electrons. The number of hydrogen-bond acceptors (Lipinski definition) is 6. The molecule has 0 radical (unpaired) electrons. The van der Waals surface area contributed by atoms with E-state index in [2.05, 4.69) is 9.97 Å². The number of H-pyrrole nitrogens is 1. The lowest BCUT2D eigenvalue weighted by Crippen LogP contribution is -2.41. The first-order valence-electron chi connectivity index (χ1n) is 14.0. The minimum absolute atomic E-state index is 0.0113. The molecule has 1 aromatic carbocycles. The van der Waals surface area contributed by atoms with Gasteiger partial charge in [0.15, 0.2) is 0 Å². The quantitative estimate of drug-likeness (QED) is 0.473. The van der Waals surface area contributed by atoms with Crippen LogP contribution in [0.1, 0.15) is 67.2 Å². The van der Waals surface area contributed by atoms with Gasteiger partial charge in [0.05, 0.1) is 29.8 Å². The molecule has 1 unspecified atom stereocenters. The highest BCUT2D eigenvalue weighted by Crippen LogP contribution is 2.43. The van der Waals surface area contributed by atoms with Crippen LogP contribution in [0.2, 0.25) is 0 Å². The first-order valence-corrected chi connectivity index (χ1v) is 15.8. The first kappa shape index (κ1) is 27.8. The van der Waals surface area contributed by atoms with Gasteiger partial charge in [-0.2, -0.15) is 0 Å². The summed E-state index contributed by atoms with van der Waals surface area (Å²) in [5.74, 6) is 0.998. The largest absolute Gasteiger partial charge is 0.478 e. The summed E-state index contributed by atoms with van der Waals surface area (Å²) >= 11 is 0. The Bertz CT molecular complexity index is 1290. The van der Waals surface area contributed by atoms with E-state index in [1.807, 2.05) is 11.0 Å². The van der Waals surface area contributed by atoms with Crippen LogP contribution in [0.5, 0.6) is 0 Å². The van der Waals surface area contributed by atoms with Gasteiger partial charge in [-0.25, -0.2) is 22.5 Å². The summed E-state index contributed by atoms with van der Waals surface area (Å²) in [6.07, 6.45) is 8.99. The molecule has 1 saturated carbocycles. The number of likely N-dealkylation sites (tertiary alicyclic amines) is 1. The average molecular weight is 558 g/mol. The van der Waals surface area contributed by atoms with Crippen LogP contribution in [-0.2, 0) is 14.8 Å². The number of carboxylic acid groups (broad SMARTS) is 1. The highest BCUT2D eigenvalue weighted by Gasteiger charge is 2.44. The maximum atomic E-state index is 13.9. The Labute approximate surface area is 230 Å². The van der Waals surface area contributed by atoms with Crippen molar-refractivity contribution in [1.29, 1.82) is 0 Å². The topological polar surface area (TPSA) is 150 Å². The molecule has 3 heterocycles. The predicted octanol–water partition coefficient (Wildman–Crippen LogP) is 3.10. The number of nitrogens with one attached hydrogen (secondary N) is 1. The van der Waals surface area contributed by atoms with E-state index >= 15 is 0 Å². The molecule has 3 aliphatic rings. The average Bonchev–Trinajstić information content (AvgIpc) is 3.60. The molecule has 2 aromatic rings. The van der Waals surface area contributed by atoms with E-state index in [1.165, 1.54) is 6.26 Å². The Morgan fingerprint density at radius 3 is 2.46 bits per heavy atom. The van der Waals surface area contributed by atoms with Gasteiger partial charge in [-0.1, -0.05) is 12.1 Å². The SMILES string of the molecule is CS(=O)(=O)N1CCC(C2C[C@@H](c3ncc(-c4cccc(C(=O)O)c4)[nH]3)N(C(=O)[C@H]3CC[C@H](CN)CC3)C2)CC1. The summed E-state index contributed by atoms with van der Waals surface area (Å²) in [7, 11) is -3.20. The number of nitrogens with zero attached hydrogens (tertiary/aromatic N) is 3. The number of benzene rings is 1. The smallest absolute Gasteiger partial charge is 0.335 e. The fourth-order valence-electron chi connectivity index (χ4n) is 6.74. The molecular formula is C28H39N5O5S. The summed E-state index contributed by atoms with van der Waals surface area (Å²) in [4.78, 5) is 35.4. The lowest BCUT2D eigenvalue weighted by Gasteiger charge is -2.34. The fourth-order valence-corrected chi connectivity index (χ4v) is 7.62. The highest BCUT2D eigenvalue weighted by atomic mass is 32.2. The third-order valence-corrected chi connectivity index (χ3v) is 10.4. The number of piperidine rings is 1. The number of amides is 1. The molecule has 11 heteroatoms. The Balaban J connectivity index is 1.37. The summed E-state index contributed by atoms with van der Waals surface area (Å²) in [5, 5.41) is 9.39. The van der Waals surface area contributed by atoms with Gasteiger partial charge in [0, 0.05) is 31.1 Å². The third kappa shape index (κ3) is 6.05. The van der Waals surface area contributed by atoms with Gasteiger partial charge >= 0.3 is 5.97 Å². The summed E-state index contributed by atoms with van der Waals surface area (Å²) < 4.78 is 25.6. The van der Waals surface area contributed by atoms with Crippen LogP contribution in [0.3, 0.4) is 0 Å². The Hall–Kier alpha value is -2.76. The van der Waals surface area contributed by atoms with Crippen LogP contribution in [0.4, 0.5) is 0 Å².